The van der Waals surface area contributed by atoms with Crippen LogP contribution in [-0.4, -0.2) is 60.9 Å². The summed E-state index contributed by atoms with van der Waals surface area (Å²) in [4.78, 5) is 10.9. The summed E-state index contributed by atoms with van der Waals surface area (Å²) in [5.74, 6) is -0.522. The zero-order chi connectivity index (χ0) is 12.6. The van der Waals surface area contributed by atoms with Gasteiger partial charge in [-0.2, -0.15) is 0 Å². The average molecular weight is 264 g/mol. The third kappa shape index (κ3) is 2.19. The fourth-order valence-corrected chi connectivity index (χ4v) is 2.52. The maximum atomic E-state index is 11.6. The van der Waals surface area contributed by atoms with Gasteiger partial charge in [-0.3, -0.25) is 13.8 Å². The molecule has 2 heterocycles. The van der Waals surface area contributed by atoms with Gasteiger partial charge in [0.25, 0.3) is 5.91 Å². The molecule has 0 aliphatic carbocycles. The van der Waals surface area contributed by atoms with Gasteiger partial charge in [-0.05, 0) is 0 Å². The molecule has 0 bridgehead atoms. The first kappa shape index (κ1) is 12.5. The quantitative estimate of drug-likeness (QED) is 0.421. The summed E-state index contributed by atoms with van der Waals surface area (Å²) in [5, 5.41) is 28.1. The Hall–Kier alpha value is -1.00. The largest absolute Gasteiger partial charge is 0.394 e. The van der Waals surface area contributed by atoms with Gasteiger partial charge in [0.1, 0.15) is 18.3 Å². The van der Waals surface area contributed by atoms with Crippen LogP contribution in [0.2, 0.25) is 0 Å². The summed E-state index contributed by atoms with van der Waals surface area (Å²) < 4.78 is 19.9. The molecule has 17 heavy (non-hydrogen) atoms. The van der Waals surface area contributed by atoms with Gasteiger partial charge >= 0.3 is 0 Å². The summed E-state index contributed by atoms with van der Waals surface area (Å²) in [6.45, 7) is -0.467. The second-order valence-electron chi connectivity index (χ2n) is 3.62. The van der Waals surface area contributed by atoms with E-state index in [1.54, 1.807) is 0 Å². The van der Waals surface area contributed by atoms with Crippen molar-refractivity contribution in [3.05, 3.63) is 12.3 Å². The lowest BCUT2D eigenvalue weighted by atomic mass is 10.1. The highest BCUT2D eigenvalue weighted by Gasteiger charge is 2.46. The maximum absolute atomic E-state index is 11.6. The first-order valence-electron chi connectivity index (χ1n) is 4.86. The van der Waals surface area contributed by atoms with Gasteiger partial charge in [-0.15, -0.1) is 0 Å². The standard InChI is InChI=1S/C8H12N2O6S/c11-3-4-6(13)7(14)8(16-4)10-2-1-5(12)9-17(10)15/h1-2,4,6-8,11,13-14H,3H2,(H,9,12)/t4-,6-,7-,8-,17?/m1/s1. The molecule has 2 aliphatic rings. The van der Waals surface area contributed by atoms with Gasteiger partial charge in [-0.1, -0.05) is 0 Å². The maximum Gasteiger partial charge on any atom is 0.258 e. The number of ether oxygens (including phenoxy) is 1. The van der Waals surface area contributed by atoms with Crippen LogP contribution >= 0.6 is 0 Å². The Kier molecular flexibility index (Phi) is 3.45. The van der Waals surface area contributed by atoms with Crippen LogP contribution in [0.25, 0.3) is 0 Å². The van der Waals surface area contributed by atoms with E-state index < -0.39 is 48.2 Å². The number of carbonyl (C=O) groups excluding carboxylic acids is 1. The van der Waals surface area contributed by atoms with E-state index in [0.29, 0.717) is 0 Å². The Labute approximate surface area is 99.2 Å². The number of rotatable bonds is 2. The van der Waals surface area contributed by atoms with Crippen LogP contribution in [0.15, 0.2) is 12.3 Å². The van der Waals surface area contributed by atoms with Crippen molar-refractivity contribution in [3.8, 4) is 0 Å². The second-order valence-corrected chi connectivity index (χ2v) is 4.74. The van der Waals surface area contributed by atoms with Crippen molar-refractivity contribution >= 4 is 17.1 Å². The monoisotopic (exact) mass is 264 g/mol. The number of hydrogen-bond acceptors (Lipinski definition) is 6. The smallest absolute Gasteiger partial charge is 0.258 e. The lowest BCUT2D eigenvalue weighted by molar-refractivity contribution is -0.115. The zero-order valence-electron chi connectivity index (χ0n) is 8.59. The highest BCUT2D eigenvalue weighted by molar-refractivity contribution is 7.81. The molecule has 96 valence electrons. The van der Waals surface area contributed by atoms with Crippen LogP contribution in [-0.2, 0) is 20.7 Å². The summed E-state index contributed by atoms with van der Waals surface area (Å²) in [5.41, 5.74) is 0. The molecule has 0 aromatic carbocycles. The summed E-state index contributed by atoms with van der Waals surface area (Å²) >= 11 is -1.88. The van der Waals surface area contributed by atoms with E-state index >= 15 is 0 Å². The van der Waals surface area contributed by atoms with E-state index in [4.69, 9.17) is 9.84 Å². The second kappa shape index (κ2) is 4.70. The number of amides is 1. The third-order valence-electron chi connectivity index (χ3n) is 2.52. The minimum Gasteiger partial charge on any atom is -0.394 e. The van der Waals surface area contributed by atoms with Crippen LogP contribution in [0, 0.1) is 0 Å². The van der Waals surface area contributed by atoms with Crippen molar-refractivity contribution in [1.82, 2.24) is 9.03 Å². The minimum atomic E-state index is -1.88. The third-order valence-corrected chi connectivity index (χ3v) is 3.61. The van der Waals surface area contributed by atoms with Gasteiger partial charge in [0.2, 0.25) is 11.2 Å². The predicted octanol–water partition coefficient (Wildman–Crippen LogP) is -3.05. The van der Waals surface area contributed by atoms with Gasteiger partial charge in [-0.25, -0.2) is 4.21 Å². The Morgan fingerprint density at radius 3 is 2.71 bits per heavy atom. The average Bonchev–Trinajstić information content (AvgIpc) is 2.57. The fourth-order valence-electron chi connectivity index (χ4n) is 1.64. The number of carbonyl (C=O) groups is 1. The molecule has 9 heteroatoms. The van der Waals surface area contributed by atoms with Crippen LogP contribution < -0.4 is 4.72 Å². The van der Waals surface area contributed by atoms with Crippen LogP contribution in [0.4, 0.5) is 0 Å². The normalized spacial score (nSPS) is 41.7. The molecular weight excluding hydrogens is 252 g/mol. The molecule has 0 radical (unpaired) electrons. The Morgan fingerprint density at radius 1 is 1.47 bits per heavy atom. The highest BCUT2D eigenvalue weighted by atomic mass is 32.2. The van der Waals surface area contributed by atoms with E-state index in [2.05, 4.69) is 4.72 Å². The predicted molar refractivity (Wildman–Crippen MR) is 55.0 cm³/mol. The molecule has 0 aromatic rings. The highest BCUT2D eigenvalue weighted by Crippen LogP contribution is 2.25. The summed E-state index contributed by atoms with van der Waals surface area (Å²) in [6, 6.07) is 0. The van der Waals surface area contributed by atoms with Gasteiger partial charge in [0, 0.05) is 12.3 Å². The molecule has 5 atom stereocenters. The molecule has 0 saturated carbocycles. The number of nitrogens with one attached hydrogen (secondary N) is 1. The lowest BCUT2D eigenvalue weighted by Gasteiger charge is -2.29. The van der Waals surface area contributed by atoms with Crippen molar-refractivity contribution in [3.63, 3.8) is 0 Å². The SMILES string of the molecule is O=C1C=CN([C@@H]2O[C@H](CO)[C@@H](O)[C@H]2O)S(=O)N1. The molecular formula is C8H12N2O6S. The van der Waals surface area contributed by atoms with Crippen LogP contribution in [0.3, 0.4) is 0 Å². The number of aliphatic hydroxyl groups is 3. The zero-order valence-corrected chi connectivity index (χ0v) is 9.41. The van der Waals surface area contributed by atoms with E-state index in [1.807, 2.05) is 0 Å². The molecule has 2 rings (SSSR count). The molecule has 1 amide bonds. The topological polar surface area (TPSA) is 119 Å². The van der Waals surface area contributed by atoms with Crippen molar-refractivity contribution in [2.75, 3.05) is 6.61 Å². The van der Waals surface area contributed by atoms with Crippen LogP contribution in [0.5, 0.6) is 0 Å². The fraction of sp³-hybridized carbons (Fsp3) is 0.625. The van der Waals surface area contributed by atoms with Gasteiger partial charge in [0.05, 0.1) is 6.61 Å². The van der Waals surface area contributed by atoms with Crippen LogP contribution in [0.1, 0.15) is 0 Å². The first-order valence-corrected chi connectivity index (χ1v) is 5.96. The number of hydrogen-bond donors (Lipinski definition) is 4. The lowest BCUT2D eigenvalue weighted by Crippen LogP contribution is -2.48. The summed E-state index contributed by atoms with van der Waals surface area (Å²) in [6.07, 6.45) is -2.30. The number of nitrogens with zero attached hydrogens (tertiary/aromatic N) is 1. The van der Waals surface area contributed by atoms with Crippen molar-refractivity contribution in [1.29, 1.82) is 0 Å². The molecule has 1 saturated heterocycles. The van der Waals surface area contributed by atoms with E-state index in [0.717, 1.165) is 10.4 Å². The van der Waals surface area contributed by atoms with E-state index in [-0.39, 0.29) is 0 Å². The molecule has 1 unspecified atom stereocenters. The molecule has 1 fully saturated rings. The molecule has 8 nitrogen and oxygen atoms in total. The van der Waals surface area contributed by atoms with Gasteiger partial charge < -0.3 is 20.1 Å². The minimum absolute atomic E-state index is 0.467. The van der Waals surface area contributed by atoms with Crippen molar-refractivity contribution in [2.24, 2.45) is 0 Å². The van der Waals surface area contributed by atoms with E-state index in [1.165, 1.54) is 6.20 Å². The van der Waals surface area contributed by atoms with Crippen molar-refractivity contribution < 1.29 is 29.1 Å². The molecule has 4 N–H and O–H groups in total. The molecule has 0 aromatic heterocycles. The Balaban J connectivity index is 2.16. The Morgan fingerprint density at radius 2 is 2.18 bits per heavy atom. The molecule has 0 spiro atoms. The first-order chi connectivity index (χ1) is 8.04. The van der Waals surface area contributed by atoms with Crippen molar-refractivity contribution in [2.45, 2.75) is 24.5 Å². The molecule has 2 aliphatic heterocycles. The van der Waals surface area contributed by atoms with Gasteiger partial charge in [0.15, 0.2) is 6.23 Å². The number of aliphatic hydroxyl groups excluding tert-OH is 3. The van der Waals surface area contributed by atoms with E-state index in [9.17, 15) is 19.2 Å². The summed E-state index contributed by atoms with van der Waals surface area (Å²) in [7, 11) is 0. The Bertz CT molecular complexity index is 375.